The van der Waals surface area contributed by atoms with Gasteiger partial charge in [0.25, 0.3) is 0 Å². The number of nitrogens with zero attached hydrogens (tertiary/aromatic N) is 3. The van der Waals surface area contributed by atoms with Gasteiger partial charge >= 0.3 is 12.1 Å². The highest BCUT2D eigenvalue weighted by Gasteiger charge is 2.26. The van der Waals surface area contributed by atoms with Crippen molar-refractivity contribution in [2.75, 3.05) is 23.4 Å². The average molecular weight is 420 g/mol. The summed E-state index contributed by atoms with van der Waals surface area (Å²) in [5.74, 6) is -1.27. The summed E-state index contributed by atoms with van der Waals surface area (Å²) in [5, 5.41) is 23.4. The fourth-order valence-electron chi connectivity index (χ4n) is 4.05. The van der Waals surface area contributed by atoms with Crippen molar-refractivity contribution in [1.29, 1.82) is 0 Å². The van der Waals surface area contributed by atoms with Crippen LogP contribution in [0, 0.1) is 6.92 Å². The van der Waals surface area contributed by atoms with E-state index in [4.69, 9.17) is 5.11 Å². The molecule has 8 heteroatoms. The first-order valence-corrected chi connectivity index (χ1v) is 10.2. The largest absolute Gasteiger partial charge is 0.476 e. The van der Waals surface area contributed by atoms with Crippen LogP contribution in [-0.4, -0.2) is 45.3 Å². The van der Waals surface area contributed by atoms with Gasteiger partial charge in [0.1, 0.15) is 5.69 Å². The Balaban J connectivity index is 1.84. The number of aromatic carboxylic acids is 1. The first-order chi connectivity index (χ1) is 14.9. The summed E-state index contributed by atoms with van der Waals surface area (Å²) in [7, 11) is 0. The number of anilines is 1. The van der Waals surface area contributed by atoms with Gasteiger partial charge in [-0.15, -0.1) is 0 Å². The van der Waals surface area contributed by atoms with Crippen LogP contribution in [0.25, 0.3) is 22.4 Å². The highest BCUT2D eigenvalue weighted by Crippen LogP contribution is 2.35. The van der Waals surface area contributed by atoms with Crippen LogP contribution in [0.3, 0.4) is 0 Å². The van der Waals surface area contributed by atoms with E-state index >= 15 is 0 Å². The number of aryl methyl sites for hydroxylation is 1. The van der Waals surface area contributed by atoms with Gasteiger partial charge in [0.2, 0.25) is 0 Å². The molecule has 8 nitrogen and oxygen atoms in total. The minimum Gasteiger partial charge on any atom is -0.476 e. The van der Waals surface area contributed by atoms with Gasteiger partial charge in [-0.1, -0.05) is 42.0 Å². The molecule has 31 heavy (non-hydrogen) atoms. The van der Waals surface area contributed by atoms with E-state index in [1.165, 1.54) is 19.3 Å². The Morgan fingerprint density at radius 2 is 1.68 bits per heavy atom. The second-order valence-electron chi connectivity index (χ2n) is 7.67. The zero-order valence-electron chi connectivity index (χ0n) is 17.2. The molecule has 0 bridgehead atoms. The monoisotopic (exact) mass is 420 g/mol. The summed E-state index contributed by atoms with van der Waals surface area (Å²) in [6.45, 7) is 3.96. The molecule has 0 saturated carbocycles. The lowest BCUT2D eigenvalue weighted by Gasteiger charge is -2.28. The van der Waals surface area contributed by atoms with Crippen molar-refractivity contribution in [1.82, 2.24) is 9.89 Å². The van der Waals surface area contributed by atoms with Gasteiger partial charge in [-0.25, -0.2) is 15.0 Å². The first-order valence-electron chi connectivity index (χ1n) is 10.2. The van der Waals surface area contributed by atoms with E-state index in [2.05, 4.69) is 15.4 Å². The number of carboxylic acids is 1. The van der Waals surface area contributed by atoms with Crippen molar-refractivity contribution in [2.24, 2.45) is 0 Å². The molecule has 3 N–H and O–H groups in total. The Labute approximate surface area is 179 Å². The fraction of sp³-hybridized carbons (Fsp3) is 0.261. The highest BCUT2D eigenvalue weighted by molar-refractivity contribution is 6.00. The number of aromatic nitrogens is 2. The molecule has 1 aromatic heterocycles. The maximum atomic E-state index is 12.1. The van der Waals surface area contributed by atoms with Crippen LogP contribution in [-0.2, 0) is 0 Å². The standard InChI is InChI=1S/C23H24N4O4/c1-15-6-5-7-17(14-15)19-20(24-27(25-23(30)31)21(19)22(28)29)16-8-10-18(11-9-16)26-12-3-2-4-13-26/h5-11,14,25H,2-4,12-13H2,1H3,(H,28,29)(H,30,31). The topological polar surface area (TPSA) is 108 Å². The quantitative estimate of drug-likeness (QED) is 0.563. The lowest BCUT2D eigenvalue weighted by molar-refractivity contribution is 0.0686. The molecule has 0 atom stereocenters. The summed E-state index contributed by atoms with van der Waals surface area (Å²) in [6, 6.07) is 15.2. The maximum absolute atomic E-state index is 12.1. The van der Waals surface area contributed by atoms with Crippen LogP contribution in [0.2, 0.25) is 0 Å². The highest BCUT2D eigenvalue weighted by atomic mass is 16.4. The van der Waals surface area contributed by atoms with E-state index < -0.39 is 12.1 Å². The van der Waals surface area contributed by atoms with Crippen LogP contribution >= 0.6 is 0 Å². The zero-order valence-corrected chi connectivity index (χ0v) is 17.2. The summed E-state index contributed by atoms with van der Waals surface area (Å²) < 4.78 is 0. The Bertz CT molecular complexity index is 1120. The van der Waals surface area contributed by atoms with Gasteiger partial charge in [0.05, 0.1) is 0 Å². The maximum Gasteiger partial charge on any atom is 0.425 e. The zero-order chi connectivity index (χ0) is 22.0. The molecule has 1 aliphatic rings. The molecule has 0 aliphatic carbocycles. The lowest BCUT2D eigenvalue weighted by atomic mass is 9.97. The van der Waals surface area contributed by atoms with E-state index in [0.29, 0.717) is 22.4 Å². The van der Waals surface area contributed by atoms with E-state index in [0.717, 1.165) is 29.1 Å². The van der Waals surface area contributed by atoms with Crippen LogP contribution in [0.4, 0.5) is 10.5 Å². The van der Waals surface area contributed by atoms with Crippen molar-refractivity contribution in [3.8, 4) is 22.4 Å². The summed E-state index contributed by atoms with van der Waals surface area (Å²) in [5.41, 5.74) is 6.05. The number of nitrogens with one attached hydrogen (secondary N) is 1. The van der Waals surface area contributed by atoms with Crippen LogP contribution in [0.5, 0.6) is 0 Å². The molecule has 2 heterocycles. The Hall–Kier alpha value is -3.81. The summed E-state index contributed by atoms with van der Waals surface area (Å²) >= 11 is 0. The predicted molar refractivity (Wildman–Crippen MR) is 118 cm³/mol. The average Bonchev–Trinajstić information content (AvgIpc) is 3.13. The van der Waals surface area contributed by atoms with Crippen molar-refractivity contribution >= 4 is 17.7 Å². The second kappa shape index (κ2) is 8.51. The minimum absolute atomic E-state index is 0.233. The number of hydrogen-bond donors (Lipinski definition) is 3. The van der Waals surface area contributed by atoms with Crippen molar-refractivity contribution in [3.63, 3.8) is 0 Å². The van der Waals surface area contributed by atoms with Crippen LogP contribution in [0.15, 0.2) is 48.5 Å². The Kier molecular flexibility index (Phi) is 5.62. The molecule has 1 amide bonds. The summed E-state index contributed by atoms with van der Waals surface area (Å²) in [4.78, 5) is 26.5. The van der Waals surface area contributed by atoms with Gasteiger partial charge in [-0.05, 0) is 43.9 Å². The van der Waals surface area contributed by atoms with Gasteiger partial charge in [0.15, 0.2) is 5.69 Å². The first kappa shape index (κ1) is 20.5. The van der Waals surface area contributed by atoms with Crippen molar-refractivity contribution in [3.05, 3.63) is 59.8 Å². The molecule has 4 rings (SSSR count). The van der Waals surface area contributed by atoms with Gasteiger partial charge in [-0.2, -0.15) is 9.89 Å². The van der Waals surface area contributed by atoms with Gasteiger partial charge in [0, 0.05) is 29.9 Å². The number of carbonyl (C=O) groups is 2. The molecular weight excluding hydrogens is 396 g/mol. The number of piperidine rings is 1. The van der Waals surface area contributed by atoms with Gasteiger partial charge in [-0.3, -0.25) is 0 Å². The molecule has 2 aromatic carbocycles. The molecule has 1 fully saturated rings. The number of rotatable bonds is 5. The summed E-state index contributed by atoms with van der Waals surface area (Å²) in [6.07, 6.45) is 2.20. The molecule has 160 valence electrons. The minimum atomic E-state index is -1.40. The van der Waals surface area contributed by atoms with E-state index in [9.17, 15) is 14.7 Å². The molecule has 0 spiro atoms. The number of amides is 1. The van der Waals surface area contributed by atoms with Crippen LogP contribution in [0.1, 0.15) is 35.3 Å². The van der Waals surface area contributed by atoms with E-state index in [-0.39, 0.29) is 5.69 Å². The third-order valence-corrected chi connectivity index (χ3v) is 5.46. The number of carboxylic acid groups (broad SMARTS) is 2. The molecule has 0 unspecified atom stereocenters. The SMILES string of the molecule is Cc1cccc(-c2c(-c3ccc(N4CCCCC4)cc3)nn(NC(=O)O)c2C(=O)O)c1. The fourth-order valence-corrected chi connectivity index (χ4v) is 4.05. The van der Waals surface area contributed by atoms with Gasteiger partial charge < -0.3 is 15.1 Å². The third-order valence-electron chi connectivity index (χ3n) is 5.46. The molecular formula is C23H24N4O4. The van der Waals surface area contributed by atoms with Crippen molar-refractivity contribution in [2.45, 2.75) is 26.2 Å². The predicted octanol–water partition coefficient (Wildman–Crippen LogP) is 4.44. The Morgan fingerprint density at radius 3 is 2.29 bits per heavy atom. The number of benzene rings is 2. The van der Waals surface area contributed by atoms with E-state index in [1.54, 1.807) is 6.07 Å². The van der Waals surface area contributed by atoms with Crippen molar-refractivity contribution < 1.29 is 19.8 Å². The second-order valence-corrected chi connectivity index (χ2v) is 7.67. The molecule has 0 radical (unpaired) electrons. The number of hydrogen-bond acceptors (Lipinski definition) is 4. The smallest absolute Gasteiger partial charge is 0.425 e. The Morgan fingerprint density at radius 1 is 0.968 bits per heavy atom. The molecule has 3 aromatic rings. The normalized spacial score (nSPS) is 13.8. The lowest BCUT2D eigenvalue weighted by Crippen LogP contribution is -2.29. The van der Waals surface area contributed by atoms with E-state index in [1.807, 2.05) is 49.4 Å². The van der Waals surface area contributed by atoms with Crippen LogP contribution < -0.4 is 10.3 Å². The molecule has 1 saturated heterocycles. The molecule has 1 aliphatic heterocycles. The third kappa shape index (κ3) is 4.23.